The third-order valence-corrected chi connectivity index (χ3v) is 4.46. The van der Waals surface area contributed by atoms with Crippen LogP contribution in [0.3, 0.4) is 0 Å². The van der Waals surface area contributed by atoms with E-state index in [1.54, 1.807) is 0 Å². The Bertz CT molecular complexity index is 473. The zero-order valence-corrected chi connectivity index (χ0v) is 15.4. The number of rotatable bonds is 6. The number of nitrogens with two attached hydrogens (primary N) is 1. The number of likely N-dealkylation sites (tertiary alicyclic amines) is 1. The van der Waals surface area contributed by atoms with Crippen molar-refractivity contribution in [1.82, 2.24) is 10.2 Å². The maximum absolute atomic E-state index is 5.95. The molecule has 2 aliphatic rings. The first-order valence-electron chi connectivity index (χ1n) is 8.13. The fraction of sp³-hybridized carbons (Fsp3) is 0.588. The van der Waals surface area contributed by atoms with Gasteiger partial charge in [-0.25, -0.2) is 0 Å². The first-order chi connectivity index (χ1) is 10.3. The van der Waals surface area contributed by atoms with Crippen molar-refractivity contribution < 1.29 is 0 Å². The van der Waals surface area contributed by atoms with E-state index in [0.717, 1.165) is 25.6 Å². The number of nitrogens with zero attached hydrogens (tertiary/aromatic N) is 2. The normalized spacial score (nSPS) is 22.4. The molecule has 1 saturated heterocycles. The lowest BCUT2D eigenvalue weighted by molar-refractivity contribution is 0.315. The number of halogens is 1. The smallest absolute Gasteiger partial charge is 0.188 e. The molecule has 0 bridgehead atoms. The van der Waals surface area contributed by atoms with Crippen LogP contribution in [0.5, 0.6) is 0 Å². The highest BCUT2D eigenvalue weighted by Gasteiger charge is 2.34. The lowest BCUT2D eigenvalue weighted by Gasteiger charge is -2.13. The van der Waals surface area contributed by atoms with Crippen LogP contribution >= 0.6 is 24.0 Å². The number of hydrogen-bond acceptors (Lipinski definition) is 2. The molecule has 5 heteroatoms. The SMILES string of the molecule is I.NC(=NCC1CCN(C2CC2)C1)NCCc1ccccc1. The molecule has 0 amide bonds. The number of benzene rings is 1. The molecule has 2 fully saturated rings. The zero-order chi connectivity index (χ0) is 14.5. The summed E-state index contributed by atoms with van der Waals surface area (Å²) in [5.41, 5.74) is 7.28. The molecule has 1 aliphatic heterocycles. The highest BCUT2D eigenvalue weighted by atomic mass is 127. The largest absolute Gasteiger partial charge is 0.370 e. The molecule has 1 unspecified atom stereocenters. The summed E-state index contributed by atoms with van der Waals surface area (Å²) in [4.78, 5) is 7.13. The van der Waals surface area contributed by atoms with Crippen LogP contribution in [0.2, 0.25) is 0 Å². The highest BCUT2D eigenvalue weighted by molar-refractivity contribution is 14.0. The van der Waals surface area contributed by atoms with E-state index in [-0.39, 0.29) is 24.0 Å². The van der Waals surface area contributed by atoms with Gasteiger partial charge in [0, 0.05) is 25.7 Å². The van der Waals surface area contributed by atoms with Gasteiger partial charge >= 0.3 is 0 Å². The minimum absolute atomic E-state index is 0. The number of hydrogen-bond donors (Lipinski definition) is 2. The maximum atomic E-state index is 5.95. The number of nitrogens with one attached hydrogen (secondary N) is 1. The van der Waals surface area contributed by atoms with Crippen LogP contribution in [0.25, 0.3) is 0 Å². The molecular formula is C17H27IN4. The molecule has 3 rings (SSSR count). The molecule has 3 N–H and O–H groups in total. The summed E-state index contributed by atoms with van der Waals surface area (Å²) in [5, 5.41) is 3.22. The predicted octanol–water partition coefficient (Wildman–Crippen LogP) is 2.24. The van der Waals surface area contributed by atoms with Crippen LogP contribution in [0.15, 0.2) is 35.3 Å². The van der Waals surface area contributed by atoms with Crippen LogP contribution in [0, 0.1) is 5.92 Å². The topological polar surface area (TPSA) is 53.6 Å². The van der Waals surface area contributed by atoms with Gasteiger partial charge in [0.05, 0.1) is 0 Å². The van der Waals surface area contributed by atoms with E-state index >= 15 is 0 Å². The summed E-state index contributed by atoms with van der Waals surface area (Å²) in [5.74, 6) is 1.29. The van der Waals surface area contributed by atoms with Gasteiger partial charge in [0.2, 0.25) is 0 Å². The van der Waals surface area contributed by atoms with Crippen molar-refractivity contribution in [2.75, 3.05) is 26.2 Å². The monoisotopic (exact) mass is 414 g/mol. The van der Waals surface area contributed by atoms with Gasteiger partial charge in [-0.1, -0.05) is 30.3 Å². The van der Waals surface area contributed by atoms with Gasteiger partial charge in [0.25, 0.3) is 0 Å². The van der Waals surface area contributed by atoms with E-state index in [1.165, 1.54) is 37.9 Å². The van der Waals surface area contributed by atoms with Crippen LogP contribution in [0.1, 0.15) is 24.8 Å². The fourth-order valence-corrected chi connectivity index (χ4v) is 3.05. The van der Waals surface area contributed by atoms with Gasteiger partial charge in [0.1, 0.15) is 0 Å². The summed E-state index contributed by atoms with van der Waals surface area (Å²) in [6.07, 6.45) is 5.06. The van der Waals surface area contributed by atoms with Gasteiger partial charge in [-0.3, -0.25) is 4.99 Å². The minimum Gasteiger partial charge on any atom is -0.370 e. The lowest BCUT2D eigenvalue weighted by Crippen LogP contribution is -2.34. The van der Waals surface area contributed by atoms with E-state index in [4.69, 9.17) is 5.73 Å². The Morgan fingerprint density at radius 1 is 1.23 bits per heavy atom. The van der Waals surface area contributed by atoms with E-state index in [9.17, 15) is 0 Å². The van der Waals surface area contributed by atoms with E-state index < -0.39 is 0 Å². The van der Waals surface area contributed by atoms with Crippen molar-refractivity contribution in [3.63, 3.8) is 0 Å². The second-order valence-electron chi connectivity index (χ2n) is 6.27. The average molecular weight is 414 g/mol. The molecular weight excluding hydrogens is 387 g/mol. The molecule has 4 nitrogen and oxygen atoms in total. The Hall–Kier alpha value is -0.820. The fourth-order valence-electron chi connectivity index (χ4n) is 3.05. The number of aliphatic imine (C=N–C) groups is 1. The van der Waals surface area contributed by atoms with Crippen molar-refractivity contribution in [3.05, 3.63) is 35.9 Å². The van der Waals surface area contributed by atoms with Crippen molar-refractivity contribution in [3.8, 4) is 0 Å². The van der Waals surface area contributed by atoms with E-state index in [1.807, 2.05) is 6.07 Å². The Morgan fingerprint density at radius 2 is 2.00 bits per heavy atom. The Morgan fingerprint density at radius 3 is 2.73 bits per heavy atom. The van der Waals surface area contributed by atoms with Crippen LogP contribution in [-0.4, -0.2) is 43.1 Å². The second-order valence-corrected chi connectivity index (χ2v) is 6.27. The molecule has 1 saturated carbocycles. The molecule has 1 aromatic carbocycles. The highest BCUT2D eigenvalue weighted by Crippen LogP contribution is 2.31. The van der Waals surface area contributed by atoms with Crippen molar-refractivity contribution in [2.45, 2.75) is 31.7 Å². The molecule has 1 aromatic rings. The van der Waals surface area contributed by atoms with Gasteiger partial charge in [-0.2, -0.15) is 0 Å². The summed E-state index contributed by atoms with van der Waals surface area (Å²) < 4.78 is 0. The summed E-state index contributed by atoms with van der Waals surface area (Å²) in [7, 11) is 0. The Balaban J connectivity index is 0.00000176. The Labute approximate surface area is 150 Å². The van der Waals surface area contributed by atoms with Crippen LogP contribution in [0.4, 0.5) is 0 Å². The summed E-state index contributed by atoms with van der Waals surface area (Å²) in [6.45, 7) is 4.18. The maximum Gasteiger partial charge on any atom is 0.188 e. The molecule has 122 valence electrons. The molecule has 0 spiro atoms. The standard InChI is InChI=1S/C17H26N4.HI/c18-17(19-10-8-14-4-2-1-3-5-14)20-12-15-9-11-21(13-15)16-6-7-16;/h1-5,15-16H,6-13H2,(H3,18,19,20);1H. The van der Waals surface area contributed by atoms with Crippen LogP contribution in [-0.2, 0) is 6.42 Å². The van der Waals surface area contributed by atoms with Gasteiger partial charge in [0.15, 0.2) is 5.96 Å². The molecule has 0 aromatic heterocycles. The molecule has 1 atom stereocenters. The first kappa shape index (κ1) is 17.5. The van der Waals surface area contributed by atoms with Crippen LogP contribution < -0.4 is 11.1 Å². The van der Waals surface area contributed by atoms with Crippen molar-refractivity contribution in [1.29, 1.82) is 0 Å². The quantitative estimate of drug-likeness (QED) is 0.427. The van der Waals surface area contributed by atoms with E-state index in [0.29, 0.717) is 11.9 Å². The molecule has 0 radical (unpaired) electrons. The summed E-state index contributed by atoms with van der Waals surface area (Å²) >= 11 is 0. The number of guanidine groups is 1. The molecule has 1 heterocycles. The van der Waals surface area contributed by atoms with Gasteiger partial charge < -0.3 is 16.0 Å². The van der Waals surface area contributed by atoms with Crippen molar-refractivity contribution >= 4 is 29.9 Å². The zero-order valence-electron chi connectivity index (χ0n) is 13.1. The minimum atomic E-state index is 0. The third-order valence-electron chi connectivity index (χ3n) is 4.46. The molecule has 1 aliphatic carbocycles. The van der Waals surface area contributed by atoms with E-state index in [2.05, 4.69) is 39.5 Å². The second kappa shape index (κ2) is 8.72. The van der Waals surface area contributed by atoms with Gasteiger partial charge in [-0.15, -0.1) is 24.0 Å². The third kappa shape index (κ3) is 5.43. The van der Waals surface area contributed by atoms with Crippen molar-refractivity contribution in [2.24, 2.45) is 16.6 Å². The summed E-state index contributed by atoms with van der Waals surface area (Å²) in [6, 6.07) is 11.3. The lowest BCUT2D eigenvalue weighted by atomic mass is 10.1. The van der Waals surface area contributed by atoms with Gasteiger partial charge in [-0.05, 0) is 43.7 Å². The predicted molar refractivity (Wildman–Crippen MR) is 103 cm³/mol. The first-order valence-corrected chi connectivity index (χ1v) is 8.13. The Kier molecular flexibility index (Phi) is 6.95. The average Bonchev–Trinajstić information content (AvgIpc) is 3.25. The molecule has 22 heavy (non-hydrogen) atoms.